The molecule has 0 saturated carbocycles. The van der Waals surface area contributed by atoms with Gasteiger partial charge in [-0.25, -0.2) is 9.18 Å². The third-order valence-electron chi connectivity index (χ3n) is 4.53. The molecular formula is C20H17FN2O4. The molecule has 1 aliphatic heterocycles. The maximum atomic E-state index is 13.9. The zero-order chi connectivity index (χ0) is 19.0. The number of methoxy groups -OCH3 is 2. The van der Waals surface area contributed by atoms with Gasteiger partial charge in [-0.05, 0) is 36.2 Å². The highest BCUT2D eigenvalue weighted by Crippen LogP contribution is 2.38. The second-order valence-electron chi connectivity index (χ2n) is 6.06. The Bertz CT molecular complexity index is 1080. The van der Waals surface area contributed by atoms with Crippen molar-refractivity contribution in [3.8, 4) is 34.4 Å². The second kappa shape index (κ2) is 6.75. The minimum Gasteiger partial charge on any atom is -0.493 e. The average molecular weight is 368 g/mol. The van der Waals surface area contributed by atoms with Gasteiger partial charge in [-0.15, -0.1) is 0 Å². The number of nitrogens with zero attached hydrogens (tertiary/aromatic N) is 2. The van der Waals surface area contributed by atoms with Crippen LogP contribution >= 0.6 is 0 Å². The van der Waals surface area contributed by atoms with Gasteiger partial charge in [-0.2, -0.15) is 4.98 Å². The Kier molecular flexibility index (Phi) is 4.27. The SMILES string of the molecule is COc1cc2c(cc1OC)-c1cc(Oc3ccccc3F)nc(=O)n1CC2. The highest BCUT2D eigenvalue weighted by Gasteiger charge is 2.22. The summed E-state index contributed by atoms with van der Waals surface area (Å²) in [4.78, 5) is 16.4. The lowest BCUT2D eigenvalue weighted by atomic mass is 9.97. The number of hydrogen-bond donors (Lipinski definition) is 0. The molecule has 0 saturated heterocycles. The number of hydrogen-bond acceptors (Lipinski definition) is 5. The number of ether oxygens (including phenoxy) is 3. The van der Waals surface area contributed by atoms with Crippen LogP contribution in [0.5, 0.6) is 23.1 Å². The van der Waals surface area contributed by atoms with E-state index in [1.54, 1.807) is 37.0 Å². The zero-order valence-corrected chi connectivity index (χ0v) is 14.9. The van der Waals surface area contributed by atoms with Gasteiger partial charge >= 0.3 is 5.69 Å². The van der Waals surface area contributed by atoms with E-state index in [9.17, 15) is 9.18 Å². The van der Waals surface area contributed by atoms with Gasteiger partial charge in [0.15, 0.2) is 23.1 Å². The highest BCUT2D eigenvalue weighted by molar-refractivity contribution is 5.70. The molecule has 0 fully saturated rings. The molecule has 1 aromatic heterocycles. The minimum atomic E-state index is -0.524. The molecule has 2 aromatic carbocycles. The van der Waals surface area contributed by atoms with E-state index in [1.807, 2.05) is 12.1 Å². The number of halogens is 1. The van der Waals surface area contributed by atoms with Gasteiger partial charge in [0.1, 0.15) is 0 Å². The van der Waals surface area contributed by atoms with Gasteiger partial charge in [0.25, 0.3) is 0 Å². The maximum Gasteiger partial charge on any atom is 0.351 e. The van der Waals surface area contributed by atoms with Crippen LogP contribution in [0.2, 0.25) is 0 Å². The quantitative estimate of drug-likeness (QED) is 0.706. The first kappa shape index (κ1) is 17.1. The van der Waals surface area contributed by atoms with Gasteiger partial charge in [0.2, 0.25) is 5.88 Å². The molecule has 7 heteroatoms. The van der Waals surface area contributed by atoms with Crippen LogP contribution in [0, 0.1) is 5.82 Å². The number of benzene rings is 2. The summed E-state index contributed by atoms with van der Waals surface area (Å²) in [6.07, 6.45) is 0.664. The number of fused-ring (bicyclic) bond motifs is 3. The lowest BCUT2D eigenvalue weighted by Gasteiger charge is -2.23. The van der Waals surface area contributed by atoms with E-state index < -0.39 is 11.5 Å². The van der Waals surface area contributed by atoms with E-state index in [0.717, 1.165) is 11.1 Å². The van der Waals surface area contributed by atoms with Crippen LogP contribution in [0.15, 0.2) is 47.3 Å². The molecule has 0 spiro atoms. The zero-order valence-electron chi connectivity index (χ0n) is 14.9. The summed E-state index contributed by atoms with van der Waals surface area (Å²) in [7, 11) is 3.13. The molecule has 1 aliphatic rings. The number of para-hydroxylation sites is 1. The molecule has 2 heterocycles. The monoisotopic (exact) mass is 368 g/mol. The molecule has 0 bridgehead atoms. The van der Waals surface area contributed by atoms with E-state index in [2.05, 4.69) is 4.98 Å². The maximum absolute atomic E-state index is 13.9. The normalized spacial score (nSPS) is 12.1. The van der Waals surface area contributed by atoms with Crippen molar-refractivity contribution in [1.29, 1.82) is 0 Å². The second-order valence-corrected chi connectivity index (χ2v) is 6.06. The van der Waals surface area contributed by atoms with E-state index >= 15 is 0 Å². The summed E-state index contributed by atoms with van der Waals surface area (Å²) in [5.74, 6) is 0.718. The summed E-state index contributed by atoms with van der Waals surface area (Å²) in [5.41, 5.74) is 2.05. The third-order valence-corrected chi connectivity index (χ3v) is 4.53. The molecule has 4 rings (SSSR count). The molecule has 0 atom stereocenters. The van der Waals surface area contributed by atoms with Gasteiger partial charge in [0.05, 0.1) is 19.9 Å². The summed E-state index contributed by atoms with van der Waals surface area (Å²) in [6.45, 7) is 0.490. The first-order valence-corrected chi connectivity index (χ1v) is 8.40. The van der Waals surface area contributed by atoms with Crippen molar-refractivity contribution < 1.29 is 18.6 Å². The van der Waals surface area contributed by atoms with Crippen molar-refractivity contribution in [2.24, 2.45) is 0 Å². The Morgan fingerprint density at radius 2 is 1.78 bits per heavy atom. The van der Waals surface area contributed by atoms with E-state index in [0.29, 0.717) is 30.2 Å². The lowest BCUT2D eigenvalue weighted by molar-refractivity contribution is 0.354. The van der Waals surface area contributed by atoms with Gasteiger partial charge in [0, 0.05) is 18.2 Å². The predicted molar refractivity (Wildman–Crippen MR) is 97.2 cm³/mol. The molecule has 3 aromatic rings. The summed E-state index contributed by atoms with van der Waals surface area (Å²) in [5, 5.41) is 0. The topological polar surface area (TPSA) is 62.6 Å². The molecular weight excluding hydrogens is 351 g/mol. The van der Waals surface area contributed by atoms with Crippen LogP contribution in [0.25, 0.3) is 11.3 Å². The van der Waals surface area contributed by atoms with Crippen molar-refractivity contribution in [3.63, 3.8) is 0 Å². The smallest absolute Gasteiger partial charge is 0.351 e. The van der Waals surface area contributed by atoms with Gasteiger partial charge < -0.3 is 14.2 Å². The molecule has 0 aliphatic carbocycles. The average Bonchev–Trinajstić information content (AvgIpc) is 2.68. The molecule has 0 amide bonds. The standard InChI is InChI=1S/C20H17FN2O4/c1-25-17-9-12-7-8-23-15(13(12)10-18(17)26-2)11-19(22-20(23)24)27-16-6-4-3-5-14(16)21/h3-6,9-11H,7-8H2,1-2H3. The fraction of sp³-hybridized carbons (Fsp3) is 0.200. The fourth-order valence-electron chi connectivity index (χ4n) is 3.22. The Labute approximate surface area is 154 Å². The van der Waals surface area contributed by atoms with Crippen LogP contribution in [0.1, 0.15) is 5.56 Å². The summed E-state index contributed by atoms with van der Waals surface area (Å²) >= 11 is 0. The van der Waals surface area contributed by atoms with E-state index in [1.165, 1.54) is 12.1 Å². The van der Waals surface area contributed by atoms with Crippen LogP contribution in [-0.4, -0.2) is 23.8 Å². The molecule has 138 valence electrons. The predicted octanol–water partition coefficient (Wildman–Crippen LogP) is 3.42. The van der Waals surface area contributed by atoms with Crippen molar-refractivity contribution in [2.75, 3.05) is 14.2 Å². The molecule has 0 radical (unpaired) electrons. The Morgan fingerprint density at radius 3 is 2.52 bits per heavy atom. The van der Waals surface area contributed by atoms with Crippen molar-refractivity contribution in [2.45, 2.75) is 13.0 Å². The molecule has 6 nitrogen and oxygen atoms in total. The Balaban J connectivity index is 1.83. The van der Waals surface area contributed by atoms with Crippen molar-refractivity contribution in [1.82, 2.24) is 9.55 Å². The van der Waals surface area contributed by atoms with Gasteiger partial charge in [-0.1, -0.05) is 12.1 Å². The van der Waals surface area contributed by atoms with Crippen LogP contribution in [-0.2, 0) is 13.0 Å². The number of aryl methyl sites for hydroxylation is 1. The first-order valence-electron chi connectivity index (χ1n) is 8.40. The minimum absolute atomic E-state index is 0.0118. The van der Waals surface area contributed by atoms with Crippen LogP contribution in [0.4, 0.5) is 4.39 Å². The Morgan fingerprint density at radius 1 is 1.04 bits per heavy atom. The summed E-state index contributed by atoms with van der Waals surface area (Å²) < 4.78 is 31.7. The van der Waals surface area contributed by atoms with Crippen LogP contribution in [0.3, 0.4) is 0 Å². The van der Waals surface area contributed by atoms with Crippen molar-refractivity contribution >= 4 is 0 Å². The molecule has 27 heavy (non-hydrogen) atoms. The molecule has 0 N–H and O–H groups in total. The summed E-state index contributed by atoms with van der Waals surface area (Å²) in [6, 6.07) is 11.3. The van der Waals surface area contributed by atoms with E-state index in [-0.39, 0.29) is 11.6 Å². The highest BCUT2D eigenvalue weighted by atomic mass is 19.1. The van der Waals surface area contributed by atoms with E-state index in [4.69, 9.17) is 14.2 Å². The Hall–Kier alpha value is -3.35. The van der Waals surface area contributed by atoms with Crippen LogP contribution < -0.4 is 19.9 Å². The van der Waals surface area contributed by atoms with Crippen molar-refractivity contribution in [3.05, 3.63) is 64.3 Å². The number of aromatic nitrogens is 2. The first-order chi connectivity index (χ1) is 13.1. The van der Waals surface area contributed by atoms with Gasteiger partial charge in [-0.3, -0.25) is 4.57 Å². The fourth-order valence-corrected chi connectivity index (χ4v) is 3.22. The lowest BCUT2D eigenvalue weighted by Crippen LogP contribution is -2.28. The third kappa shape index (κ3) is 3.01. The largest absolute Gasteiger partial charge is 0.493 e. The number of rotatable bonds is 4. The molecule has 0 unspecified atom stereocenters.